The van der Waals surface area contributed by atoms with Crippen molar-refractivity contribution in [3.8, 4) is 0 Å². The van der Waals surface area contributed by atoms with Crippen molar-refractivity contribution in [2.24, 2.45) is 0 Å². The summed E-state index contributed by atoms with van der Waals surface area (Å²) in [4.78, 5) is 0. The summed E-state index contributed by atoms with van der Waals surface area (Å²) in [5.74, 6) is 0. The van der Waals surface area contributed by atoms with Crippen LogP contribution in [0.15, 0.2) is 0 Å². The van der Waals surface area contributed by atoms with Gasteiger partial charge in [0.15, 0.2) is 8.32 Å². The van der Waals surface area contributed by atoms with Crippen LogP contribution in [-0.4, -0.2) is 25.1 Å². The number of rotatable bonds is 7. The van der Waals surface area contributed by atoms with E-state index in [1.165, 1.54) is 0 Å². The van der Waals surface area contributed by atoms with Crippen LogP contribution in [0.25, 0.3) is 0 Å². The first-order chi connectivity index (χ1) is 8.00. The minimum absolute atomic E-state index is 0.0741. The number of hydrogen-bond acceptors (Lipinski definition) is 2. The molecule has 0 aliphatic rings. The number of aliphatic hydroxyl groups is 1. The molecule has 0 fully saturated rings. The molecular weight excluding hydrogens is 240 g/mol. The van der Waals surface area contributed by atoms with Crippen molar-refractivity contribution in [3.63, 3.8) is 0 Å². The molecule has 0 aromatic rings. The lowest BCUT2D eigenvalue weighted by Gasteiger charge is -2.43. The van der Waals surface area contributed by atoms with Gasteiger partial charge in [0.25, 0.3) is 0 Å². The van der Waals surface area contributed by atoms with Crippen LogP contribution in [-0.2, 0) is 4.43 Å². The summed E-state index contributed by atoms with van der Waals surface area (Å²) in [5.41, 5.74) is -0.661. The molecule has 0 aromatic carbocycles. The molecular formula is C15H34O2Si. The highest BCUT2D eigenvalue weighted by molar-refractivity contribution is 6.74. The number of unbranched alkanes of at least 4 members (excludes halogenated alkanes) is 1. The molecule has 3 heteroatoms. The van der Waals surface area contributed by atoms with Crippen molar-refractivity contribution >= 4 is 8.32 Å². The van der Waals surface area contributed by atoms with Gasteiger partial charge in [-0.25, -0.2) is 0 Å². The molecule has 2 unspecified atom stereocenters. The van der Waals surface area contributed by atoms with Crippen LogP contribution in [0.3, 0.4) is 0 Å². The highest BCUT2D eigenvalue weighted by Crippen LogP contribution is 2.39. The lowest BCUT2D eigenvalue weighted by atomic mass is 9.89. The smallest absolute Gasteiger partial charge is 0.192 e. The molecule has 0 rings (SSSR count). The molecule has 0 radical (unpaired) electrons. The van der Waals surface area contributed by atoms with E-state index in [9.17, 15) is 5.11 Å². The molecule has 18 heavy (non-hydrogen) atoms. The summed E-state index contributed by atoms with van der Waals surface area (Å²) >= 11 is 0. The maximum Gasteiger partial charge on any atom is 0.192 e. The van der Waals surface area contributed by atoms with Gasteiger partial charge in [-0.3, -0.25) is 0 Å². The highest BCUT2D eigenvalue weighted by Gasteiger charge is 2.42. The summed E-state index contributed by atoms with van der Waals surface area (Å²) in [6.45, 7) is 17.5. The molecule has 0 aliphatic heterocycles. The van der Waals surface area contributed by atoms with E-state index in [0.717, 1.165) is 25.7 Å². The molecule has 0 spiro atoms. The summed E-state index contributed by atoms with van der Waals surface area (Å²) in [5, 5.41) is 10.9. The molecule has 2 nitrogen and oxygen atoms in total. The maximum absolute atomic E-state index is 10.7. The first-order valence-corrected chi connectivity index (χ1v) is 10.3. The van der Waals surface area contributed by atoms with E-state index in [-0.39, 0.29) is 11.1 Å². The van der Waals surface area contributed by atoms with E-state index in [2.05, 4.69) is 47.7 Å². The summed E-state index contributed by atoms with van der Waals surface area (Å²) in [6.07, 6.45) is 3.72. The Labute approximate surface area is 115 Å². The molecule has 0 amide bonds. The zero-order chi connectivity index (χ0) is 14.6. The van der Waals surface area contributed by atoms with Gasteiger partial charge in [0, 0.05) is 0 Å². The van der Waals surface area contributed by atoms with Gasteiger partial charge in [-0.1, -0.05) is 47.5 Å². The molecule has 0 bridgehead atoms. The van der Waals surface area contributed by atoms with Crippen LogP contribution in [0.1, 0.15) is 67.2 Å². The van der Waals surface area contributed by atoms with E-state index in [1.54, 1.807) is 0 Å². The van der Waals surface area contributed by atoms with Gasteiger partial charge in [0.05, 0.1) is 11.7 Å². The molecule has 0 heterocycles. The van der Waals surface area contributed by atoms with Gasteiger partial charge < -0.3 is 9.53 Å². The molecule has 0 aromatic heterocycles. The second-order valence-electron chi connectivity index (χ2n) is 7.08. The number of hydrogen-bond donors (Lipinski definition) is 1. The fourth-order valence-corrected chi connectivity index (χ4v) is 3.34. The van der Waals surface area contributed by atoms with Crippen molar-refractivity contribution in [1.82, 2.24) is 0 Å². The third kappa shape index (κ3) is 4.67. The average Bonchev–Trinajstić information content (AvgIpc) is 2.23. The van der Waals surface area contributed by atoms with Gasteiger partial charge in [-0.05, 0) is 37.9 Å². The second kappa shape index (κ2) is 6.53. The molecule has 0 aliphatic carbocycles. The second-order valence-corrected chi connectivity index (χ2v) is 11.8. The predicted molar refractivity (Wildman–Crippen MR) is 82.5 cm³/mol. The predicted octanol–water partition coefficient (Wildman–Crippen LogP) is 4.73. The van der Waals surface area contributed by atoms with Crippen LogP contribution >= 0.6 is 0 Å². The highest BCUT2D eigenvalue weighted by atomic mass is 28.4. The van der Waals surface area contributed by atoms with E-state index in [0.29, 0.717) is 0 Å². The van der Waals surface area contributed by atoms with Crippen LogP contribution in [0.2, 0.25) is 18.1 Å². The Morgan fingerprint density at radius 1 is 1.17 bits per heavy atom. The molecule has 110 valence electrons. The largest absolute Gasteiger partial charge is 0.411 e. The van der Waals surface area contributed by atoms with Crippen molar-refractivity contribution in [2.75, 3.05) is 0 Å². The fourth-order valence-electron chi connectivity index (χ4n) is 1.88. The van der Waals surface area contributed by atoms with E-state index in [4.69, 9.17) is 4.43 Å². The maximum atomic E-state index is 10.7. The summed E-state index contributed by atoms with van der Waals surface area (Å²) in [7, 11) is -1.79. The SMILES string of the molecule is CCCCC(O)(CC)C(C)O[Si](C)(C)C(C)(C)C. The van der Waals surface area contributed by atoms with Gasteiger partial charge >= 0.3 is 0 Å². The van der Waals surface area contributed by atoms with Crippen LogP contribution in [0, 0.1) is 0 Å². The Morgan fingerprint density at radius 3 is 2.00 bits per heavy atom. The minimum atomic E-state index is -1.79. The summed E-state index contributed by atoms with van der Waals surface area (Å²) < 4.78 is 6.34. The zero-order valence-electron chi connectivity index (χ0n) is 13.8. The van der Waals surface area contributed by atoms with Crippen molar-refractivity contribution < 1.29 is 9.53 Å². The average molecular weight is 275 g/mol. The monoisotopic (exact) mass is 274 g/mol. The van der Waals surface area contributed by atoms with Crippen LogP contribution in [0.5, 0.6) is 0 Å². The first kappa shape index (κ1) is 18.1. The first-order valence-electron chi connectivity index (χ1n) is 7.40. The normalized spacial score (nSPS) is 18.5. The molecule has 2 atom stereocenters. The van der Waals surface area contributed by atoms with Crippen molar-refractivity contribution in [3.05, 3.63) is 0 Å². The van der Waals surface area contributed by atoms with Gasteiger partial charge in [0.2, 0.25) is 0 Å². The zero-order valence-corrected chi connectivity index (χ0v) is 14.8. The third-order valence-electron chi connectivity index (χ3n) is 4.61. The molecule has 0 saturated heterocycles. The van der Waals surface area contributed by atoms with E-state index >= 15 is 0 Å². The standard InChI is InChI=1S/C15H34O2Si/c1-9-11-12-15(16,10-2)13(3)17-18(7,8)14(4,5)6/h13,16H,9-12H2,1-8H3. The summed E-state index contributed by atoms with van der Waals surface area (Å²) in [6, 6.07) is 0. The Hall–Kier alpha value is 0.137. The lowest BCUT2D eigenvalue weighted by Crippen LogP contribution is -2.51. The Kier molecular flexibility index (Phi) is 6.58. The fraction of sp³-hybridized carbons (Fsp3) is 1.00. The Bertz CT molecular complexity index is 245. The quantitative estimate of drug-likeness (QED) is 0.680. The minimum Gasteiger partial charge on any atom is -0.411 e. The lowest BCUT2D eigenvalue weighted by molar-refractivity contribution is -0.0687. The van der Waals surface area contributed by atoms with Crippen molar-refractivity contribution in [1.29, 1.82) is 0 Å². The Balaban J connectivity index is 4.76. The van der Waals surface area contributed by atoms with E-state index < -0.39 is 13.9 Å². The van der Waals surface area contributed by atoms with Crippen LogP contribution in [0.4, 0.5) is 0 Å². The third-order valence-corrected chi connectivity index (χ3v) is 9.16. The Morgan fingerprint density at radius 2 is 1.67 bits per heavy atom. The van der Waals surface area contributed by atoms with Crippen molar-refractivity contribution in [2.45, 2.75) is 97.1 Å². The van der Waals surface area contributed by atoms with Gasteiger partial charge in [0.1, 0.15) is 0 Å². The van der Waals surface area contributed by atoms with Crippen LogP contribution < -0.4 is 0 Å². The molecule has 0 saturated carbocycles. The molecule has 1 N–H and O–H groups in total. The van der Waals surface area contributed by atoms with Gasteiger partial charge in [-0.2, -0.15) is 0 Å². The topological polar surface area (TPSA) is 29.5 Å². The van der Waals surface area contributed by atoms with Gasteiger partial charge in [-0.15, -0.1) is 0 Å². The van der Waals surface area contributed by atoms with E-state index in [1.807, 2.05) is 6.92 Å².